The Hall–Kier alpha value is -2.08. The fraction of sp³-hybridized carbons (Fsp3) is 0.476. The van der Waals surface area contributed by atoms with Gasteiger partial charge < -0.3 is 5.32 Å². The molecule has 27 heavy (non-hydrogen) atoms. The van der Waals surface area contributed by atoms with E-state index in [9.17, 15) is 9.59 Å². The number of para-hydroxylation sites is 1. The summed E-state index contributed by atoms with van der Waals surface area (Å²) in [5.41, 5.74) is 2.11. The molecule has 0 saturated heterocycles. The van der Waals surface area contributed by atoms with Gasteiger partial charge in [0.25, 0.3) is 5.56 Å². The largest absolute Gasteiger partial charge is 0.355 e. The second kappa shape index (κ2) is 9.74. The molecule has 1 amide bonds. The van der Waals surface area contributed by atoms with Crippen LogP contribution in [0.25, 0.3) is 10.9 Å². The molecule has 0 fully saturated rings. The zero-order valence-electron chi connectivity index (χ0n) is 15.9. The summed E-state index contributed by atoms with van der Waals surface area (Å²) >= 11 is 1.34. The summed E-state index contributed by atoms with van der Waals surface area (Å²) in [5, 5.41) is 4.23. The van der Waals surface area contributed by atoms with E-state index in [4.69, 9.17) is 0 Å². The topological polar surface area (TPSA) is 64.0 Å². The average molecular weight is 386 g/mol. The number of benzene rings is 1. The highest BCUT2D eigenvalue weighted by atomic mass is 32.2. The second-order valence-corrected chi connectivity index (χ2v) is 7.81. The van der Waals surface area contributed by atoms with Crippen LogP contribution in [0.15, 0.2) is 45.9 Å². The Morgan fingerprint density at radius 3 is 2.93 bits per heavy atom. The first-order valence-electron chi connectivity index (χ1n) is 9.76. The van der Waals surface area contributed by atoms with Crippen molar-refractivity contribution in [1.82, 2.24) is 14.9 Å². The van der Waals surface area contributed by atoms with Crippen LogP contribution in [-0.2, 0) is 11.3 Å². The molecule has 0 atom stereocenters. The summed E-state index contributed by atoms with van der Waals surface area (Å²) in [4.78, 5) is 29.6. The van der Waals surface area contributed by atoms with Crippen molar-refractivity contribution in [2.45, 2.75) is 57.1 Å². The molecule has 0 saturated carbocycles. The van der Waals surface area contributed by atoms with Gasteiger partial charge >= 0.3 is 0 Å². The van der Waals surface area contributed by atoms with Crippen LogP contribution in [-0.4, -0.2) is 27.8 Å². The van der Waals surface area contributed by atoms with Gasteiger partial charge in [0, 0.05) is 13.1 Å². The molecule has 0 radical (unpaired) electrons. The number of carbonyl (C=O) groups excluding carboxylic acids is 1. The maximum absolute atomic E-state index is 12.7. The number of nitrogens with one attached hydrogen (secondary N) is 1. The first-order chi connectivity index (χ1) is 13.2. The second-order valence-electron chi connectivity index (χ2n) is 6.87. The number of nitrogens with zero attached hydrogens (tertiary/aromatic N) is 2. The molecule has 1 aliphatic carbocycles. The maximum Gasteiger partial charge on any atom is 0.262 e. The summed E-state index contributed by atoms with van der Waals surface area (Å²) in [5.74, 6) is 0.259. The van der Waals surface area contributed by atoms with Gasteiger partial charge in [0.2, 0.25) is 5.91 Å². The van der Waals surface area contributed by atoms with Gasteiger partial charge in [-0.05, 0) is 50.7 Å². The molecule has 5 nitrogen and oxygen atoms in total. The molecule has 1 aliphatic rings. The lowest BCUT2D eigenvalue weighted by Crippen LogP contribution is -2.28. The molecule has 6 heteroatoms. The van der Waals surface area contributed by atoms with Crippen molar-refractivity contribution in [2.24, 2.45) is 0 Å². The fourth-order valence-electron chi connectivity index (χ4n) is 3.35. The van der Waals surface area contributed by atoms with E-state index in [1.165, 1.54) is 36.6 Å². The van der Waals surface area contributed by atoms with Gasteiger partial charge in [-0.3, -0.25) is 14.2 Å². The normalized spacial score (nSPS) is 14.2. The molecule has 0 bridgehead atoms. The van der Waals surface area contributed by atoms with Crippen molar-refractivity contribution in [2.75, 3.05) is 12.3 Å². The van der Waals surface area contributed by atoms with E-state index in [1.807, 2.05) is 25.1 Å². The predicted molar refractivity (Wildman–Crippen MR) is 111 cm³/mol. The minimum Gasteiger partial charge on any atom is -0.355 e. The minimum atomic E-state index is -0.0328. The third-order valence-electron chi connectivity index (χ3n) is 4.76. The van der Waals surface area contributed by atoms with E-state index in [2.05, 4.69) is 16.4 Å². The molecular formula is C21H27N3O2S. The number of hydrogen-bond donors (Lipinski definition) is 1. The van der Waals surface area contributed by atoms with Crippen LogP contribution in [0.4, 0.5) is 0 Å². The zero-order valence-corrected chi connectivity index (χ0v) is 16.7. The van der Waals surface area contributed by atoms with Gasteiger partial charge in [-0.25, -0.2) is 4.98 Å². The van der Waals surface area contributed by atoms with E-state index in [0.717, 1.165) is 19.3 Å². The Morgan fingerprint density at radius 2 is 2.15 bits per heavy atom. The van der Waals surface area contributed by atoms with Gasteiger partial charge in [-0.2, -0.15) is 0 Å². The number of allylic oxidation sites excluding steroid dienone is 1. The summed E-state index contributed by atoms with van der Waals surface area (Å²) < 4.78 is 1.69. The number of rotatable bonds is 8. The lowest BCUT2D eigenvalue weighted by atomic mass is 9.97. The molecule has 144 valence electrons. The van der Waals surface area contributed by atoms with Crippen LogP contribution in [0.5, 0.6) is 0 Å². The number of carbonyl (C=O) groups is 1. The van der Waals surface area contributed by atoms with Gasteiger partial charge in [-0.15, -0.1) is 0 Å². The van der Waals surface area contributed by atoms with Crippen LogP contribution in [0.3, 0.4) is 0 Å². The number of hydrogen-bond acceptors (Lipinski definition) is 4. The van der Waals surface area contributed by atoms with Gasteiger partial charge in [0.15, 0.2) is 5.16 Å². The molecule has 0 unspecified atom stereocenters. The van der Waals surface area contributed by atoms with E-state index < -0.39 is 0 Å². The fourth-order valence-corrected chi connectivity index (χ4v) is 4.21. The van der Waals surface area contributed by atoms with Crippen molar-refractivity contribution in [3.05, 3.63) is 46.3 Å². The number of aromatic nitrogens is 2. The Balaban J connectivity index is 1.61. The molecule has 2 aromatic rings. The predicted octanol–water partition coefficient (Wildman–Crippen LogP) is 3.91. The quantitative estimate of drug-likeness (QED) is 0.425. The Labute approximate surface area is 164 Å². The summed E-state index contributed by atoms with van der Waals surface area (Å²) in [6.45, 7) is 3.32. The minimum absolute atomic E-state index is 0.0122. The van der Waals surface area contributed by atoms with Crippen LogP contribution >= 0.6 is 11.8 Å². The smallest absolute Gasteiger partial charge is 0.262 e. The molecule has 0 aliphatic heterocycles. The van der Waals surface area contributed by atoms with E-state index >= 15 is 0 Å². The molecule has 1 aromatic heterocycles. The van der Waals surface area contributed by atoms with Crippen molar-refractivity contribution in [3.63, 3.8) is 0 Å². The summed E-state index contributed by atoms with van der Waals surface area (Å²) in [6, 6.07) is 7.37. The Bertz CT molecular complexity index is 889. The van der Waals surface area contributed by atoms with Gasteiger partial charge in [0.05, 0.1) is 16.7 Å². The third-order valence-corrected chi connectivity index (χ3v) is 5.74. The van der Waals surface area contributed by atoms with Crippen molar-refractivity contribution >= 4 is 28.6 Å². The third kappa shape index (κ3) is 5.22. The summed E-state index contributed by atoms with van der Waals surface area (Å²) in [6.07, 6.45) is 8.96. The van der Waals surface area contributed by atoms with E-state index in [1.54, 1.807) is 10.6 Å². The highest BCUT2D eigenvalue weighted by Crippen LogP contribution is 2.20. The molecule has 3 rings (SSSR count). The molecule has 0 spiro atoms. The molecule has 1 N–H and O–H groups in total. The monoisotopic (exact) mass is 385 g/mol. The summed E-state index contributed by atoms with van der Waals surface area (Å²) in [7, 11) is 0. The van der Waals surface area contributed by atoms with Crippen molar-refractivity contribution < 1.29 is 4.79 Å². The highest BCUT2D eigenvalue weighted by Gasteiger charge is 2.13. The molecular weight excluding hydrogens is 358 g/mol. The number of thioether (sulfide) groups is 1. The van der Waals surface area contributed by atoms with Crippen molar-refractivity contribution in [3.8, 4) is 0 Å². The van der Waals surface area contributed by atoms with Crippen LogP contribution in [0.2, 0.25) is 0 Å². The van der Waals surface area contributed by atoms with Gasteiger partial charge in [0.1, 0.15) is 0 Å². The van der Waals surface area contributed by atoms with Crippen LogP contribution < -0.4 is 10.9 Å². The first kappa shape index (κ1) is 19.7. The van der Waals surface area contributed by atoms with Crippen LogP contribution in [0.1, 0.15) is 45.4 Å². The first-order valence-corrected chi connectivity index (χ1v) is 10.7. The molecule has 1 aromatic carbocycles. The maximum atomic E-state index is 12.7. The lowest BCUT2D eigenvalue weighted by molar-refractivity contribution is -0.118. The highest BCUT2D eigenvalue weighted by molar-refractivity contribution is 7.99. The molecule has 1 heterocycles. The standard InChI is InChI=1S/C21H27N3O2S/c1-2-14-24-20(26)17-10-6-7-11-18(17)23-21(24)27-15-19(25)22-13-12-16-8-4-3-5-9-16/h6-8,10-11H,2-5,9,12-15H2,1H3,(H,22,25). The lowest BCUT2D eigenvalue weighted by Gasteiger charge is -2.14. The Morgan fingerprint density at radius 1 is 1.30 bits per heavy atom. The van der Waals surface area contributed by atoms with Gasteiger partial charge in [-0.1, -0.05) is 42.5 Å². The Kier molecular flexibility index (Phi) is 7.10. The number of amides is 1. The van der Waals surface area contributed by atoms with Crippen molar-refractivity contribution in [1.29, 1.82) is 0 Å². The van der Waals surface area contributed by atoms with E-state index in [-0.39, 0.29) is 17.2 Å². The average Bonchev–Trinajstić information content (AvgIpc) is 2.70. The SMILES string of the molecule is CCCn1c(SCC(=O)NCCC2=CCCCC2)nc2ccccc2c1=O. The van der Waals surface area contributed by atoms with Crippen LogP contribution in [0, 0.1) is 0 Å². The number of fused-ring (bicyclic) bond motifs is 1. The van der Waals surface area contributed by atoms with E-state index in [0.29, 0.717) is 29.1 Å². The zero-order chi connectivity index (χ0) is 19.1.